The Morgan fingerprint density at radius 3 is 1.53 bits per heavy atom. The number of quaternary nitrogens is 1. The first-order chi connectivity index (χ1) is 6.56. The van der Waals surface area contributed by atoms with E-state index in [1.807, 2.05) is 0 Å². The molecule has 1 fully saturated rings. The van der Waals surface area contributed by atoms with Crippen LogP contribution in [0.4, 0.5) is 0 Å². The molecule has 15 heavy (non-hydrogen) atoms. The van der Waals surface area contributed by atoms with Crippen LogP contribution >= 0.6 is 0 Å². The van der Waals surface area contributed by atoms with Gasteiger partial charge in [0.15, 0.2) is 0 Å². The fraction of sp³-hybridized carbons (Fsp3) is 1.00. The van der Waals surface area contributed by atoms with Gasteiger partial charge in [-0.2, -0.15) is 0 Å². The molecule has 0 atom stereocenters. The van der Waals surface area contributed by atoms with Gasteiger partial charge in [0.05, 0.1) is 25.7 Å². The first-order valence-electron chi connectivity index (χ1n) is 6.41. The molecule has 1 heterocycles. The molecule has 0 amide bonds. The lowest BCUT2D eigenvalue weighted by Gasteiger charge is -2.51. The molecular weight excluding hydrogens is 182 g/mol. The topological polar surface area (TPSA) is 0 Å². The predicted octanol–water partition coefficient (Wildman–Crippen LogP) is 3.69. The van der Waals surface area contributed by atoms with Crippen molar-refractivity contribution in [3.63, 3.8) is 0 Å². The highest BCUT2D eigenvalue weighted by Gasteiger charge is 2.41. The van der Waals surface area contributed by atoms with Gasteiger partial charge in [0.2, 0.25) is 0 Å². The third-order valence-electron chi connectivity index (χ3n) is 4.79. The van der Waals surface area contributed by atoms with E-state index in [9.17, 15) is 0 Å². The SMILES string of the molecule is CC(C)(C)C1CC[N+](C)(C(C)(C)C)CC1. The molecule has 0 radical (unpaired) electrons. The van der Waals surface area contributed by atoms with Crippen molar-refractivity contribution in [2.75, 3.05) is 20.1 Å². The van der Waals surface area contributed by atoms with Gasteiger partial charge in [-0.15, -0.1) is 0 Å². The highest BCUT2D eigenvalue weighted by molar-refractivity contribution is 4.78. The van der Waals surface area contributed by atoms with E-state index in [0.29, 0.717) is 11.0 Å². The molecule has 0 aromatic rings. The van der Waals surface area contributed by atoms with Crippen LogP contribution in [0, 0.1) is 11.3 Å². The summed E-state index contributed by atoms with van der Waals surface area (Å²) >= 11 is 0. The van der Waals surface area contributed by atoms with E-state index < -0.39 is 0 Å². The first kappa shape index (κ1) is 13.0. The van der Waals surface area contributed by atoms with Crippen LogP contribution in [0.5, 0.6) is 0 Å². The van der Waals surface area contributed by atoms with Crippen molar-refractivity contribution in [3.05, 3.63) is 0 Å². The van der Waals surface area contributed by atoms with Crippen LogP contribution in [0.1, 0.15) is 54.4 Å². The Morgan fingerprint density at radius 1 is 0.867 bits per heavy atom. The van der Waals surface area contributed by atoms with Crippen LogP contribution in [-0.4, -0.2) is 30.2 Å². The lowest BCUT2D eigenvalue weighted by Crippen LogP contribution is -2.61. The molecule has 1 nitrogen and oxygen atoms in total. The molecular formula is C14H30N+. The molecule has 1 aliphatic rings. The average Bonchev–Trinajstić information content (AvgIpc) is 2.01. The van der Waals surface area contributed by atoms with Gasteiger partial charge in [-0.05, 0) is 32.1 Å². The van der Waals surface area contributed by atoms with Crippen molar-refractivity contribution in [1.29, 1.82) is 0 Å². The normalized spacial score (nSPS) is 34.2. The van der Waals surface area contributed by atoms with E-state index in [4.69, 9.17) is 0 Å². The number of nitrogens with zero attached hydrogens (tertiary/aromatic N) is 1. The zero-order valence-corrected chi connectivity index (χ0v) is 11.9. The fourth-order valence-electron chi connectivity index (χ4n) is 2.67. The van der Waals surface area contributed by atoms with Crippen LogP contribution in [0.25, 0.3) is 0 Å². The van der Waals surface area contributed by atoms with Gasteiger partial charge in [-0.3, -0.25) is 0 Å². The Hall–Kier alpha value is -0.0400. The average molecular weight is 212 g/mol. The van der Waals surface area contributed by atoms with E-state index in [2.05, 4.69) is 48.6 Å². The maximum atomic E-state index is 2.43. The maximum Gasteiger partial charge on any atom is 0.0905 e. The number of hydrogen-bond acceptors (Lipinski definition) is 0. The van der Waals surface area contributed by atoms with Crippen molar-refractivity contribution >= 4 is 0 Å². The van der Waals surface area contributed by atoms with Gasteiger partial charge < -0.3 is 4.48 Å². The third-order valence-corrected chi connectivity index (χ3v) is 4.79. The first-order valence-corrected chi connectivity index (χ1v) is 6.41. The number of rotatable bonds is 0. The van der Waals surface area contributed by atoms with Crippen molar-refractivity contribution in [3.8, 4) is 0 Å². The molecule has 1 heteroatoms. The van der Waals surface area contributed by atoms with Gasteiger partial charge in [-0.25, -0.2) is 0 Å². The highest BCUT2D eigenvalue weighted by Crippen LogP contribution is 2.38. The van der Waals surface area contributed by atoms with Crippen LogP contribution < -0.4 is 0 Å². The van der Waals surface area contributed by atoms with Crippen LogP contribution in [0.3, 0.4) is 0 Å². The number of piperidine rings is 1. The second-order valence-electron chi connectivity index (χ2n) is 7.65. The Kier molecular flexibility index (Phi) is 3.27. The Balaban J connectivity index is 2.64. The van der Waals surface area contributed by atoms with E-state index in [-0.39, 0.29) is 0 Å². The summed E-state index contributed by atoms with van der Waals surface area (Å²) in [6, 6.07) is 0. The minimum Gasteiger partial charge on any atom is -0.322 e. The lowest BCUT2D eigenvalue weighted by atomic mass is 9.74. The predicted molar refractivity (Wildman–Crippen MR) is 67.9 cm³/mol. The van der Waals surface area contributed by atoms with Crippen LogP contribution in [0.2, 0.25) is 0 Å². The molecule has 90 valence electrons. The lowest BCUT2D eigenvalue weighted by molar-refractivity contribution is -0.958. The summed E-state index contributed by atoms with van der Waals surface area (Å²) in [7, 11) is 2.43. The Morgan fingerprint density at radius 2 is 1.27 bits per heavy atom. The van der Waals surface area contributed by atoms with E-state index >= 15 is 0 Å². The summed E-state index contributed by atoms with van der Waals surface area (Å²) in [5.74, 6) is 0.922. The Labute approximate surface area is 96.4 Å². The zero-order valence-electron chi connectivity index (χ0n) is 11.9. The van der Waals surface area contributed by atoms with Crippen molar-refractivity contribution in [2.24, 2.45) is 11.3 Å². The molecule has 1 rings (SSSR count). The molecule has 0 aromatic heterocycles. The number of hydrogen-bond donors (Lipinski definition) is 0. The minimum atomic E-state index is 0.406. The third kappa shape index (κ3) is 2.75. The summed E-state index contributed by atoms with van der Waals surface area (Å²) in [5.41, 5.74) is 0.909. The summed E-state index contributed by atoms with van der Waals surface area (Å²) in [6.07, 6.45) is 2.80. The zero-order chi connectivity index (χ0) is 11.9. The molecule has 0 aliphatic carbocycles. The highest BCUT2D eigenvalue weighted by atomic mass is 15.4. The molecule has 0 aromatic carbocycles. The second kappa shape index (κ2) is 3.76. The summed E-state index contributed by atoms with van der Waals surface area (Å²) in [6.45, 7) is 17.0. The minimum absolute atomic E-state index is 0.406. The van der Waals surface area contributed by atoms with Gasteiger partial charge in [0, 0.05) is 12.8 Å². The maximum absolute atomic E-state index is 2.43. The summed E-state index contributed by atoms with van der Waals surface area (Å²) < 4.78 is 1.25. The Bertz CT molecular complexity index is 208. The largest absolute Gasteiger partial charge is 0.322 e. The smallest absolute Gasteiger partial charge is 0.0905 e. The monoisotopic (exact) mass is 212 g/mol. The van der Waals surface area contributed by atoms with Crippen LogP contribution in [0.15, 0.2) is 0 Å². The number of likely N-dealkylation sites (tertiary alicyclic amines) is 1. The molecule has 0 spiro atoms. The standard InChI is InChI=1S/C14H30N/c1-13(2,3)12-8-10-15(7,11-9-12)14(4,5)6/h12H,8-11H2,1-7H3/q+1. The van der Waals surface area contributed by atoms with E-state index in [1.165, 1.54) is 30.4 Å². The molecule has 0 saturated carbocycles. The van der Waals surface area contributed by atoms with Gasteiger partial charge in [-0.1, -0.05) is 20.8 Å². The molecule has 0 bridgehead atoms. The fourth-order valence-corrected chi connectivity index (χ4v) is 2.67. The summed E-state index contributed by atoms with van der Waals surface area (Å²) in [5, 5.41) is 0. The second-order valence-corrected chi connectivity index (χ2v) is 7.65. The molecule has 0 unspecified atom stereocenters. The van der Waals surface area contributed by atoms with Gasteiger partial charge >= 0.3 is 0 Å². The van der Waals surface area contributed by atoms with E-state index in [0.717, 1.165) is 5.92 Å². The van der Waals surface area contributed by atoms with Gasteiger partial charge in [0.1, 0.15) is 0 Å². The van der Waals surface area contributed by atoms with Gasteiger partial charge in [0.25, 0.3) is 0 Å². The van der Waals surface area contributed by atoms with Crippen LogP contribution in [-0.2, 0) is 0 Å². The summed E-state index contributed by atoms with van der Waals surface area (Å²) in [4.78, 5) is 0. The molecule has 1 aliphatic heterocycles. The quantitative estimate of drug-likeness (QED) is 0.537. The van der Waals surface area contributed by atoms with Crippen molar-refractivity contribution in [2.45, 2.75) is 59.9 Å². The van der Waals surface area contributed by atoms with Crippen molar-refractivity contribution < 1.29 is 4.48 Å². The van der Waals surface area contributed by atoms with Crippen molar-refractivity contribution in [1.82, 2.24) is 0 Å². The molecule has 0 N–H and O–H groups in total. The van der Waals surface area contributed by atoms with E-state index in [1.54, 1.807) is 0 Å². The molecule has 1 saturated heterocycles.